The maximum Gasteiger partial charge on any atom is 0.243 e. The Kier molecular flexibility index (Phi) is 2.80. The van der Waals surface area contributed by atoms with Gasteiger partial charge in [-0.2, -0.15) is 9.37 Å². The number of aryl methyl sites for hydroxylation is 1. The van der Waals surface area contributed by atoms with E-state index in [4.69, 9.17) is 4.84 Å². The first kappa shape index (κ1) is 13.7. The second-order valence-electron chi connectivity index (χ2n) is 6.51. The summed E-state index contributed by atoms with van der Waals surface area (Å²) in [4.78, 5) is 6.31. The fourth-order valence-electron chi connectivity index (χ4n) is 3.70. The van der Waals surface area contributed by atoms with Crippen LogP contribution in [0.2, 0.25) is 0 Å². The van der Waals surface area contributed by atoms with E-state index in [2.05, 4.69) is 0 Å². The molecule has 21 heavy (non-hydrogen) atoms. The molecule has 1 saturated carbocycles. The van der Waals surface area contributed by atoms with Crippen LogP contribution in [0, 0.1) is 12.8 Å². The number of hydroxylamine groups is 2. The lowest BCUT2D eigenvalue weighted by Crippen LogP contribution is -2.35. The summed E-state index contributed by atoms with van der Waals surface area (Å²) in [6.07, 6.45) is 2.11. The third kappa shape index (κ3) is 1.97. The maximum atomic E-state index is 12.8. The van der Waals surface area contributed by atoms with Gasteiger partial charge in [0.2, 0.25) is 10.0 Å². The highest BCUT2D eigenvalue weighted by molar-refractivity contribution is 7.89. The second kappa shape index (κ2) is 4.29. The topological polar surface area (TPSA) is 49.9 Å². The summed E-state index contributed by atoms with van der Waals surface area (Å²) in [6, 6.07) is 7.29. The van der Waals surface area contributed by atoms with Crippen molar-refractivity contribution in [3.63, 3.8) is 0 Å². The average Bonchev–Trinajstić information content (AvgIpc) is 2.97. The molecule has 2 aliphatic heterocycles. The number of nitrogens with zero attached hydrogens (tertiary/aromatic N) is 2. The zero-order valence-corrected chi connectivity index (χ0v) is 13.1. The van der Waals surface area contributed by atoms with E-state index in [9.17, 15) is 8.42 Å². The molecule has 2 atom stereocenters. The SMILES string of the molecule is Cc1ccc(S(=O)(=O)N2C[C@@H]3[C@H](C2)C2(CC2)ON3C)cc1. The quantitative estimate of drug-likeness (QED) is 0.828. The monoisotopic (exact) mass is 308 g/mol. The smallest absolute Gasteiger partial charge is 0.243 e. The van der Waals surface area contributed by atoms with E-state index in [0.29, 0.717) is 23.9 Å². The fourth-order valence-corrected chi connectivity index (χ4v) is 5.18. The lowest BCUT2D eigenvalue weighted by Gasteiger charge is -2.21. The van der Waals surface area contributed by atoms with Crippen LogP contribution in [0.1, 0.15) is 18.4 Å². The van der Waals surface area contributed by atoms with Gasteiger partial charge in [0.05, 0.1) is 16.5 Å². The third-order valence-corrected chi connectivity index (χ3v) is 6.97. The number of sulfonamides is 1. The van der Waals surface area contributed by atoms with Gasteiger partial charge in [0.15, 0.2) is 0 Å². The van der Waals surface area contributed by atoms with Crippen molar-refractivity contribution < 1.29 is 13.3 Å². The molecule has 1 aliphatic carbocycles. The molecule has 0 N–H and O–H groups in total. The molecule has 4 rings (SSSR count). The van der Waals surface area contributed by atoms with Crippen molar-refractivity contribution in [2.24, 2.45) is 5.92 Å². The number of likely N-dealkylation sites (N-methyl/N-ethyl adjacent to an activating group) is 1. The van der Waals surface area contributed by atoms with Gasteiger partial charge in [-0.15, -0.1) is 0 Å². The van der Waals surface area contributed by atoms with Gasteiger partial charge in [-0.1, -0.05) is 17.7 Å². The molecule has 114 valence electrons. The number of benzene rings is 1. The molecule has 0 bridgehead atoms. The molecule has 0 unspecified atom stereocenters. The standard InChI is InChI=1S/C15H20N2O3S/c1-11-3-5-12(6-4-11)21(18,19)17-9-13-14(10-17)16(2)20-15(13)7-8-15/h3-6,13-14H,7-10H2,1-2H3/t13-,14+/m0/s1. The molecule has 6 heteroatoms. The van der Waals surface area contributed by atoms with Gasteiger partial charge in [-0.3, -0.25) is 4.84 Å². The van der Waals surface area contributed by atoms with Crippen molar-refractivity contribution >= 4 is 10.0 Å². The number of hydrogen-bond acceptors (Lipinski definition) is 4. The van der Waals surface area contributed by atoms with E-state index in [1.807, 2.05) is 31.2 Å². The number of rotatable bonds is 2. The highest BCUT2D eigenvalue weighted by Crippen LogP contribution is 2.55. The van der Waals surface area contributed by atoms with Crippen LogP contribution in [0.15, 0.2) is 29.2 Å². The minimum Gasteiger partial charge on any atom is -0.292 e. The Hall–Kier alpha value is -0.950. The second-order valence-corrected chi connectivity index (χ2v) is 8.45. The highest BCUT2D eigenvalue weighted by atomic mass is 32.2. The summed E-state index contributed by atoms with van der Waals surface area (Å²) in [5, 5.41) is 1.88. The summed E-state index contributed by atoms with van der Waals surface area (Å²) < 4.78 is 27.2. The van der Waals surface area contributed by atoms with Gasteiger partial charge >= 0.3 is 0 Å². The zero-order chi connectivity index (χ0) is 14.8. The number of fused-ring (bicyclic) bond motifs is 2. The van der Waals surface area contributed by atoms with Crippen LogP contribution in [0.4, 0.5) is 0 Å². The van der Waals surface area contributed by atoms with Gasteiger partial charge < -0.3 is 0 Å². The molecule has 0 aromatic heterocycles. The average molecular weight is 308 g/mol. The number of hydrogen-bond donors (Lipinski definition) is 0. The summed E-state index contributed by atoms with van der Waals surface area (Å²) >= 11 is 0. The third-order valence-electron chi connectivity index (χ3n) is 5.13. The van der Waals surface area contributed by atoms with Gasteiger partial charge in [0.1, 0.15) is 0 Å². The Morgan fingerprint density at radius 2 is 1.86 bits per heavy atom. The summed E-state index contributed by atoms with van der Waals surface area (Å²) in [5.41, 5.74) is 0.994. The molecule has 3 aliphatic rings. The molecule has 1 aromatic rings. The largest absolute Gasteiger partial charge is 0.292 e. The molecule has 2 saturated heterocycles. The van der Waals surface area contributed by atoms with Crippen LogP contribution in [0.5, 0.6) is 0 Å². The molecular weight excluding hydrogens is 288 g/mol. The predicted molar refractivity (Wildman–Crippen MR) is 78.0 cm³/mol. The summed E-state index contributed by atoms with van der Waals surface area (Å²) in [7, 11) is -1.47. The van der Waals surface area contributed by atoms with Gasteiger partial charge in [0.25, 0.3) is 0 Å². The van der Waals surface area contributed by atoms with E-state index in [1.165, 1.54) is 0 Å². The maximum absolute atomic E-state index is 12.8. The van der Waals surface area contributed by atoms with Crippen molar-refractivity contribution in [3.05, 3.63) is 29.8 Å². The van der Waals surface area contributed by atoms with Crippen LogP contribution >= 0.6 is 0 Å². The van der Waals surface area contributed by atoms with Crippen molar-refractivity contribution in [2.45, 2.75) is 36.3 Å². The molecule has 3 fully saturated rings. The zero-order valence-electron chi connectivity index (χ0n) is 12.3. The Morgan fingerprint density at radius 3 is 2.48 bits per heavy atom. The fraction of sp³-hybridized carbons (Fsp3) is 0.600. The molecule has 1 spiro atoms. The molecule has 5 nitrogen and oxygen atoms in total. The van der Waals surface area contributed by atoms with E-state index >= 15 is 0 Å². The van der Waals surface area contributed by atoms with E-state index < -0.39 is 10.0 Å². The molecule has 0 radical (unpaired) electrons. The minimum atomic E-state index is -3.39. The van der Waals surface area contributed by atoms with Gasteiger partial charge in [0, 0.05) is 26.1 Å². The van der Waals surface area contributed by atoms with Crippen molar-refractivity contribution in [2.75, 3.05) is 20.1 Å². The lowest BCUT2D eigenvalue weighted by atomic mass is 9.97. The first-order valence-electron chi connectivity index (χ1n) is 7.41. The minimum absolute atomic E-state index is 0.0725. The van der Waals surface area contributed by atoms with Crippen LogP contribution in [-0.4, -0.2) is 49.6 Å². The van der Waals surface area contributed by atoms with E-state index in [0.717, 1.165) is 18.4 Å². The Balaban J connectivity index is 1.62. The van der Waals surface area contributed by atoms with Gasteiger partial charge in [-0.25, -0.2) is 8.42 Å². The van der Waals surface area contributed by atoms with Crippen molar-refractivity contribution in [3.8, 4) is 0 Å². The van der Waals surface area contributed by atoms with Crippen LogP contribution in [-0.2, 0) is 14.9 Å². The molecule has 2 heterocycles. The Morgan fingerprint density at radius 1 is 1.19 bits per heavy atom. The van der Waals surface area contributed by atoms with Crippen molar-refractivity contribution in [1.29, 1.82) is 0 Å². The van der Waals surface area contributed by atoms with Crippen LogP contribution < -0.4 is 0 Å². The van der Waals surface area contributed by atoms with Crippen molar-refractivity contribution in [1.82, 2.24) is 9.37 Å². The Labute approximate surface area is 125 Å². The van der Waals surface area contributed by atoms with Crippen LogP contribution in [0.25, 0.3) is 0 Å². The van der Waals surface area contributed by atoms with Crippen LogP contribution in [0.3, 0.4) is 0 Å². The highest BCUT2D eigenvalue weighted by Gasteiger charge is 2.64. The lowest BCUT2D eigenvalue weighted by molar-refractivity contribution is -0.158. The van der Waals surface area contributed by atoms with E-state index in [-0.39, 0.29) is 11.6 Å². The molecular formula is C15H20N2O3S. The molecule has 1 aromatic carbocycles. The molecule has 0 amide bonds. The normalized spacial score (nSPS) is 31.7. The first-order valence-corrected chi connectivity index (χ1v) is 8.85. The predicted octanol–water partition coefficient (Wildman–Crippen LogP) is 1.39. The van der Waals surface area contributed by atoms with E-state index in [1.54, 1.807) is 16.4 Å². The Bertz CT molecular complexity index is 667. The summed E-state index contributed by atoms with van der Waals surface area (Å²) in [6.45, 7) is 3.06. The first-order chi connectivity index (χ1) is 9.92. The summed E-state index contributed by atoms with van der Waals surface area (Å²) in [5.74, 6) is 0.308. The van der Waals surface area contributed by atoms with Gasteiger partial charge in [-0.05, 0) is 31.9 Å².